The Balaban J connectivity index is 0.000000517. The molecule has 4 N–H and O–H groups in total. The molecule has 42 heavy (non-hydrogen) atoms. The molecule has 2 aromatic heterocycles. The number of hydrogen-bond acceptors (Lipinski definition) is 6. The quantitative estimate of drug-likeness (QED) is 0.306. The van der Waals surface area contributed by atoms with Crippen LogP contribution in [0.4, 0.5) is 19.0 Å². The van der Waals surface area contributed by atoms with Crippen LogP contribution in [0.2, 0.25) is 5.02 Å². The molecule has 0 atom stereocenters. The molecule has 4 aromatic rings. The summed E-state index contributed by atoms with van der Waals surface area (Å²) in [7, 11) is 0. The summed E-state index contributed by atoms with van der Waals surface area (Å²) < 4.78 is 33.7. The first-order valence-electron chi connectivity index (χ1n) is 12.9. The van der Waals surface area contributed by atoms with E-state index in [1.165, 1.54) is 0 Å². The summed E-state index contributed by atoms with van der Waals surface area (Å²) in [6.07, 6.45) is 0.119. The van der Waals surface area contributed by atoms with Crippen molar-refractivity contribution in [3.8, 4) is 5.69 Å². The number of nitrogens with zero attached hydrogens (tertiary/aromatic N) is 3. The summed E-state index contributed by atoms with van der Waals surface area (Å²) in [4.78, 5) is 41.5. The molecule has 0 unspecified atom stereocenters. The van der Waals surface area contributed by atoms with Gasteiger partial charge in [0.1, 0.15) is 5.82 Å². The molecule has 0 bridgehead atoms. The Morgan fingerprint density at radius 3 is 2.33 bits per heavy atom. The number of amides is 1. The van der Waals surface area contributed by atoms with Gasteiger partial charge < -0.3 is 25.6 Å². The Bertz CT molecular complexity index is 1620. The van der Waals surface area contributed by atoms with Crippen molar-refractivity contribution in [3.63, 3.8) is 0 Å². The number of aromatic nitrogens is 2. The van der Waals surface area contributed by atoms with E-state index in [2.05, 4.69) is 15.2 Å². The number of para-hydroxylation sites is 1. The van der Waals surface area contributed by atoms with E-state index >= 15 is 0 Å². The number of nitrogens with one attached hydrogen (secondary N) is 1. The van der Waals surface area contributed by atoms with E-state index < -0.39 is 12.1 Å². The number of aliphatic carboxylic acids is 1. The lowest BCUT2D eigenvalue weighted by atomic mass is 10.1. The SMILES string of the molecule is NC1CCN(c2ccc(C(=O)NCc3cn(-c4ccccc4)c4cc(Cl)ccc4c3=O)cn2)CC1.O=C(O)C(F)(F)F. The van der Waals surface area contributed by atoms with Gasteiger partial charge in [-0.1, -0.05) is 29.8 Å². The van der Waals surface area contributed by atoms with E-state index in [4.69, 9.17) is 27.2 Å². The predicted octanol–water partition coefficient (Wildman–Crippen LogP) is 4.53. The molecular formula is C29H27ClF3N5O4. The first kappa shape index (κ1) is 30.5. The fourth-order valence-electron chi connectivity index (χ4n) is 4.39. The fraction of sp³-hybridized carbons (Fsp3) is 0.241. The van der Waals surface area contributed by atoms with Crippen molar-refractivity contribution in [1.29, 1.82) is 0 Å². The van der Waals surface area contributed by atoms with Gasteiger partial charge >= 0.3 is 12.1 Å². The van der Waals surface area contributed by atoms with Gasteiger partial charge in [-0.05, 0) is 55.3 Å². The lowest BCUT2D eigenvalue weighted by Crippen LogP contribution is -2.40. The number of hydrogen-bond donors (Lipinski definition) is 3. The average Bonchev–Trinajstić information content (AvgIpc) is 2.97. The average molecular weight is 602 g/mol. The summed E-state index contributed by atoms with van der Waals surface area (Å²) in [6, 6.07) is 18.8. The maximum absolute atomic E-state index is 13.2. The molecule has 0 spiro atoms. The number of nitrogens with two attached hydrogens (primary N) is 1. The lowest BCUT2D eigenvalue weighted by Gasteiger charge is -2.31. The van der Waals surface area contributed by atoms with E-state index in [0.717, 1.165) is 37.4 Å². The van der Waals surface area contributed by atoms with Crippen LogP contribution in [0.3, 0.4) is 0 Å². The van der Waals surface area contributed by atoms with Gasteiger partial charge in [0, 0.05) is 59.7 Å². The zero-order chi connectivity index (χ0) is 30.4. The monoisotopic (exact) mass is 601 g/mol. The molecule has 1 aliphatic heterocycles. The Morgan fingerprint density at radius 2 is 1.74 bits per heavy atom. The number of piperidine rings is 1. The zero-order valence-corrected chi connectivity index (χ0v) is 22.9. The molecule has 1 aliphatic rings. The second-order valence-corrected chi connectivity index (χ2v) is 10.0. The highest BCUT2D eigenvalue weighted by molar-refractivity contribution is 6.31. The number of alkyl halides is 3. The molecule has 13 heteroatoms. The largest absolute Gasteiger partial charge is 0.490 e. The van der Waals surface area contributed by atoms with Gasteiger partial charge in [0.05, 0.1) is 11.1 Å². The molecule has 1 amide bonds. The Hall–Kier alpha value is -4.42. The number of carbonyl (C=O) groups is 2. The summed E-state index contributed by atoms with van der Waals surface area (Å²) in [5, 5.41) is 11.1. The summed E-state index contributed by atoms with van der Waals surface area (Å²) in [5.74, 6) is -2.20. The number of anilines is 1. The van der Waals surface area contributed by atoms with Crippen LogP contribution in [-0.4, -0.2) is 51.8 Å². The molecule has 9 nitrogen and oxygen atoms in total. The maximum Gasteiger partial charge on any atom is 0.490 e. The molecule has 5 rings (SSSR count). The summed E-state index contributed by atoms with van der Waals surface area (Å²) in [5.41, 5.74) is 8.37. The van der Waals surface area contributed by atoms with Crippen LogP contribution in [0.25, 0.3) is 16.6 Å². The van der Waals surface area contributed by atoms with Gasteiger partial charge in [-0.3, -0.25) is 9.59 Å². The minimum absolute atomic E-state index is 0.0921. The topological polar surface area (TPSA) is 131 Å². The first-order valence-corrected chi connectivity index (χ1v) is 13.3. The van der Waals surface area contributed by atoms with E-state index in [1.807, 2.05) is 41.0 Å². The number of carbonyl (C=O) groups excluding carboxylic acids is 1. The van der Waals surface area contributed by atoms with Crippen LogP contribution in [0.5, 0.6) is 0 Å². The van der Waals surface area contributed by atoms with E-state index in [-0.39, 0.29) is 23.9 Å². The molecule has 220 valence electrons. The van der Waals surface area contributed by atoms with E-state index in [1.54, 1.807) is 36.7 Å². The second-order valence-electron chi connectivity index (χ2n) is 9.57. The van der Waals surface area contributed by atoms with Gasteiger partial charge in [0.25, 0.3) is 5.91 Å². The maximum atomic E-state index is 13.2. The molecule has 0 saturated carbocycles. The number of carboxylic acid groups (broad SMARTS) is 1. The number of fused-ring (bicyclic) bond motifs is 1. The number of benzene rings is 2. The number of rotatable bonds is 5. The summed E-state index contributed by atoms with van der Waals surface area (Å²) >= 11 is 6.22. The Labute approximate surface area is 243 Å². The van der Waals surface area contributed by atoms with Crippen molar-refractivity contribution in [2.45, 2.75) is 31.6 Å². The second kappa shape index (κ2) is 13.0. The van der Waals surface area contributed by atoms with Gasteiger partial charge in [-0.15, -0.1) is 0 Å². The van der Waals surface area contributed by atoms with Crippen LogP contribution >= 0.6 is 11.6 Å². The number of halogens is 4. The molecule has 2 aromatic carbocycles. The van der Waals surface area contributed by atoms with Crippen molar-refractivity contribution >= 4 is 40.2 Å². The lowest BCUT2D eigenvalue weighted by molar-refractivity contribution is -0.192. The molecule has 1 saturated heterocycles. The molecule has 1 fully saturated rings. The normalized spacial score (nSPS) is 13.8. The zero-order valence-electron chi connectivity index (χ0n) is 22.1. The van der Waals surface area contributed by atoms with Gasteiger partial charge in [0.15, 0.2) is 5.43 Å². The third-order valence-corrected chi connectivity index (χ3v) is 6.87. The molecular weight excluding hydrogens is 575 g/mol. The highest BCUT2D eigenvalue weighted by Crippen LogP contribution is 2.22. The molecule has 0 aliphatic carbocycles. The van der Waals surface area contributed by atoms with Gasteiger partial charge in [-0.25, -0.2) is 9.78 Å². The van der Waals surface area contributed by atoms with Crippen molar-refractivity contribution in [3.05, 3.63) is 99.4 Å². The number of pyridine rings is 2. The summed E-state index contributed by atoms with van der Waals surface area (Å²) in [6.45, 7) is 1.82. The molecule has 0 radical (unpaired) electrons. The highest BCUT2D eigenvalue weighted by atomic mass is 35.5. The minimum atomic E-state index is -5.08. The third-order valence-electron chi connectivity index (χ3n) is 6.63. The van der Waals surface area contributed by atoms with Crippen molar-refractivity contribution < 1.29 is 27.9 Å². The Morgan fingerprint density at radius 1 is 1.07 bits per heavy atom. The number of carboxylic acids is 1. The Kier molecular flexibility index (Phi) is 9.48. The van der Waals surface area contributed by atoms with Gasteiger partial charge in [0.2, 0.25) is 0 Å². The third kappa shape index (κ3) is 7.45. The van der Waals surface area contributed by atoms with Crippen LogP contribution in [0.1, 0.15) is 28.8 Å². The van der Waals surface area contributed by atoms with Crippen LogP contribution in [-0.2, 0) is 11.3 Å². The predicted molar refractivity (Wildman–Crippen MR) is 153 cm³/mol. The van der Waals surface area contributed by atoms with E-state index in [9.17, 15) is 22.8 Å². The minimum Gasteiger partial charge on any atom is -0.475 e. The first-order chi connectivity index (χ1) is 19.9. The van der Waals surface area contributed by atoms with Crippen LogP contribution in [0.15, 0.2) is 77.9 Å². The van der Waals surface area contributed by atoms with Crippen molar-refractivity contribution in [2.24, 2.45) is 5.73 Å². The molecule has 3 heterocycles. The van der Waals surface area contributed by atoms with Crippen LogP contribution in [0, 0.1) is 0 Å². The van der Waals surface area contributed by atoms with Gasteiger partial charge in [-0.2, -0.15) is 13.2 Å². The van der Waals surface area contributed by atoms with E-state index in [0.29, 0.717) is 27.1 Å². The van der Waals surface area contributed by atoms with Crippen molar-refractivity contribution in [1.82, 2.24) is 14.9 Å². The standard InChI is InChI=1S/C27H26ClN5O2.C2HF3O2/c28-20-7-8-23-24(14-20)33(22-4-2-1-3-5-22)17-19(26(23)34)16-31-27(35)18-6-9-25(30-15-18)32-12-10-21(29)11-13-32;3-2(4,5)1(6)7/h1-9,14-15,17,21H,10-13,16,29H2,(H,31,35);(H,6,7). The fourth-order valence-corrected chi connectivity index (χ4v) is 4.56. The smallest absolute Gasteiger partial charge is 0.475 e. The highest BCUT2D eigenvalue weighted by Gasteiger charge is 2.38. The van der Waals surface area contributed by atoms with Crippen LogP contribution < -0.4 is 21.4 Å². The van der Waals surface area contributed by atoms with Crippen molar-refractivity contribution in [2.75, 3.05) is 18.0 Å².